The van der Waals surface area contributed by atoms with Crippen LogP contribution in [0.4, 0.5) is 0 Å². The fourth-order valence-corrected chi connectivity index (χ4v) is 3.20. The Morgan fingerprint density at radius 3 is 2.58 bits per heavy atom. The third-order valence-corrected chi connectivity index (χ3v) is 4.64. The van der Waals surface area contributed by atoms with Crippen LogP contribution in [0, 0.1) is 11.8 Å². The highest BCUT2D eigenvalue weighted by Crippen LogP contribution is 2.33. The number of hydrogen-bond acceptors (Lipinski definition) is 3. The van der Waals surface area contributed by atoms with E-state index in [1.165, 1.54) is 19.3 Å². The molecular weight excluding hydrogens is 304 g/mol. The van der Waals surface area contributed by atoms with Gasteiger partial charge in [-0.2, -0.15) is 0 Å². The molecule has 1 fully saturated rings. The summed E-state index contributed by atoms with van der Waals surface area (Å²) in [5.74, 6) is -0.851. The maximum atomic E-state index is 12.1. The summed E-state index contributed by atoms with van der Waals surface area (Å²) in [4.78, 5) is 22.5. The van der Waals surface area contributed by atoms with Gasteiger partial charge in [-0.25, -0.2) is 0 Å². The molecule has 136 valence electrons. The Bertz CT molecular complexity index is 439. The molecular formula is C20H32O4. The van der Waals surface area contributed by atoms with Gasteiger partial charge in [-0.05, 0) is 32.1 Å². The maximum Gasteiger partial charge on any atom is 0.303 e. The minimum atomic E-state index is -0.774. The predicted octanol–water partition coefficient (Wildman–Crippen LogP) is 4.28. The Hall–Kier alpha value is -1.42. The van der Waals surface area contributed by atoms with Crippen LogP contribution in [-0.4, -0.2) is 28.1 Å². The molecule has 0 aromatic carbocycles. The molecule has 1 rings (SSSR count). The van der Waals surface area contributed by atoms with Gasteiger partial charge < -0.3 is 10.2 Å². The first-order valence-corrected chi connectivity index (χ1v) is 9.30. The quantitative estimate of drug-likeness (QED) is 0.412. The zero-order valence-corrected chi connectivity index (χ0v) is 14.8. The van der Waals surface area contributed by atoms with Crippen molar-refractivity contribution >= 4 is 11.8 Å². The van der Waals surface area contributed by atoms with Gasteiger partial charge in [0.15, 0.2) is 0 Å². The van der Waals surface area contributed by atoms with Gasteiger partial charge in [0.25, 0.3) is 0 Å². The van der Waals surface area contributed by atoms with E-state index in [9.17, 15) is 14.7 Å². The first kappa shape index (κ1) is 20.6. The molecule has 0 heterocycles. The molecule has 4 heteroatoms. The Kier molecular flexibility index (Phi) is 10.3. The lowest BCUT2D eigenvalue weighted by molar-refractivity contribution is -0.137. The molecule has 0 saturated heterocycles. The molecule has 24 heavy (non-hydrogen) atoms. The third-order valence-electron chi connectivity index (χ3n) is 4.64. The van der Waals surface area contributed by atoms with E-state index in [-0.39, 0.29) is 30.5 Å². The van der Waals surface area contributed by atoms with E-state index in [1.807, 2.05) is 18.2 Å². The van der Waals surface area contributed by atoms with E-state index in [2.05, 4.69) is 13.0 Å². The summed E-state index contributed by atoms with van der Waals surface area (Å²) < 4.78 is 0. The van der Waals surface area contributed by atoms with Crippen LogP contribution in [0.25, 0.3) is 0 Å². The number of unbranched alkanes of at least 4 members (excludes halogenated alkanes) is 5. The third kappa shape index (κ3) is 7.91. The van der Waals surface area contributed by atoms with Crippen LogP contribution in [0.3, 0.4) is 0 Å². The molecule has 1 aliphatic carbocycles. The van der Waals surface area contributed by atoms with Crippen molar-refractivity contribution in [3.63, 3.8) is 0 Å². The van der Waals surface area contributed by atoms with Crippen molar-refractivity contribution in [1.29, 1.82) is 0 Å². The lowest BCUT2D eigenvalue weighted by atomic mass is 9.90. The highest BCUT2D eigenvalue weighted by molar-refractivity contribution is 5.86. The topological polar surface area (TPSA) is 74.6 Å². The normalized spacial score (nSPS) is 24.4. The second kappa shape index (κ2) is 12.0. The summed E-state index contributed by atoms with van der Waals surface area (Å²) in [5, 5.41) is 18.7. The van der Waals surface area contributed by atoms with Crippen LogP contribution in [0.1, 0.15) is 71.1 Å². The number of ketones is 1. The predicted molar refractivity (Wildman–Crippen MR) is 95.8 cm³/mol. The number of carboxylic acids is 1. The molecule has 0 aliphatic heterocycles. The average molecular weight is 336 g/mol. The monoisotopic (exact) mass is 336 g/mol. The number of Topliss-reactive ketones (excluding diaryl/α,β-unsaturated/α-hetero) is 1. The van der Waals surface area contributed by atoms with E-state index < -0.39 is 12.1 Å². The van der Waals surface area contributed by atoms with E-state index in [4.69, 9.17) is 5.11 Å². The SMILES string of the molecule is CCCCCC/C=C/C1C(=O)CC(O)C1C/C=C\CCCC(=O)O. The van der Waals surface area contributed by atoms with Gasteiger partial charge >= 0.3 is 5.97 Å². The van der Waals surface area contributed by atoms with Crippen LogP contribution in [0.5, 0.6) is 0 Å². The fourth-order valence-electron chi connectivity index (χ4n) is 3.20. The maximum absolute atomic E-state index is 12.1. The number of aliphatic hydroxyl groups is 1. The molecule has 0 amide bonds. The lowest BCUT2D eigenvalue weighted by Crippen LogP contribution is -2.18. The van der Waals surface area contributed by atoms with Gasteiger partial charge in [-0.1, -0.05) is 50.5 Å². The zero-order valence-electron chi connectivity index (χ0n) is 14.8. The molecule has 0 aromatic heterocycles. The Morgan fingerprint density at radius 2 is 1.88 bits per heavy atom. The van der Waals surface area contributed by atoms with Crippen molar-refractivity contribution in [3.8, 4) is 0 Å². The second-order valence-corrected chi connectivity index (χ2v) is 6.70. The molecule has 3 unspecified atom stereocenters. The zero-order chi connectivity index (χ0) is 17.8. The summed E-state index contributed by atoms with van der Waals surface area (Å²) in [6.45, 7) is 2.19. The first-order valence-electron chi connectivity index (χ1n) is 9.30. The average Bonchev–Trinajstić information content (AvgIpc) is 2.80. The fraction of sp³-hybridized carbons (Fsp3) is 0.700. The van der Waals surface area contributed by atoms with Crippen LogP contribution in [0.2, 0.25) is 0 Å². The molecule has 1 saturated carbocycles. The van der Waals surface area contributed by atoms with Crippen molar-refractivity contribution in [2.45, 2.75) is 77.2 Å². The number of rotatable bonds is 12. The number of aliphatic hydroxyl groups excluding tert-OH is 1. The van der Waals surface area contributed by atoms with E-state index in [0.29, 0.717) is 12.8 Å². The van der Waals surface area contributed by atoms with Crippen molar-refractivity contribution in [2.24, 2.45) is 11.8 Å². The standard InChI is InChI=1S/C20H32O4/c1-2-3-4-5-6-9-12-16-17(19(22)15-18(16)21)13-10-7-8-11-14-20(23)24/h7,9-10,12,16-17,19,22H,2-6,8,11,13-15H2,1H3,(H,23,24)/b10-7-,12-9+. The minimum Gasteiger partial charge on any atom is -0.481 e. The Morgan fingerprint density at radius 1 is 1.12 bits per heavy atom. The highest BCUT2D eigenvalue weighted by atomic mass is 16.4. The molecule has 3 atom stereocenters. The highest BCUT2D eigenvalue weighted by Gasteiger charge is 2.38. The summed E-state index contributed by atoms with van der Waals surface area (Å²) in [7, 11) is 0. The van der Waals surface area contributed by atoms with Crippen molar-refractivity contribution in [1.82, 2.24) is 0 Å². The van der Waals surface area contributed by atoms with Gasteiger partial charge in [-0.15, -0.1) is 0 Å². The number of allylic oxidation sites excluding steroid dienone is 4. The van der Waals surface area contributed by atoms with E-state index in [0.717, 1.165) is 19.3 Å². The van der Waals surface area contributed by atoms with E-state index in [1.54, 1.807) is 0 Å². The molecule has 1 aliphatic rings. The molecule has 2 N–H and O–H groups in total. The van der Waals surface area contributed by atoms with Crippen LogP contribution in [-0.2, 0) is 9.59 Å². The first-order chi connectivity index (χ1) is 11.6. The smallest absolute Gasteiger partial charge is 0.303 e. The van der Waals surface area contributed by atoms with Crippen molar-refractivity contribution in [2.75, 3.05) is 0 Å². The molecule has 0 aromatic rings. The molecule has 0 bridgehead atoms. The summed E-state index contributed by atoms with van der Waals surface area (Å²) in [6, 6.07) is 0. The number of aliphatic carboxylic acids is 1. The number of carbonyl (C=O) groups is 2. The van der Waals surface area contributed by atoms with Gasteiger partial charge in [-0.3, -0.25) is 9.59 Å². The van der Waals surface area contributed by atoms with Crippen LogP contribution < -0.4 is 0 Å². The lowest BCUT2D eigenvalue weighted by Gasteiger charge is -2.16. The van der Waals surface area contributed by atoms with Crippen LogP contribution >= 0.6 is 0 Å². The van der Waals surface area contributed by atoms with Crippen molar-refractivity contribution < 1.29 is 19.8 Å². The summed E-state index contributed by atoms with van der Waals surface area (Å²) >= 11 is 0. The number of carbonyl (C=O) groups excluding carboxylic acids is 1. The van der Waals surface area contributed by atoms with Gasteiger partial charge in [0.2, 0.25) is 0 Å². The van der Waals surface area contributed by atoms with Crippen molar-refractivity contribution in [3.05, 3.63) is 24.3 Å². The second-order valence-electron chi connectivity index (χ2n) is 6.70. The van der Waals surface area contributed by atoms with Gasteiger partial charge in [0, 0.05) is 24.7 Å². The molecule has 0 spiro atoms. The van der Waals surface area contributed by atoms with E-state index >= 15 is 0 Å². The number of carboxylic acid groups (broad SMARTS) is 1. The number of hydrogen-bond donors (Lipinski definition) is 2. The Labute approximate surface area is 145 Å². The molecule has 0 radical (unpaired) electrons. The largest absolute Gasteiger partial charge is 0.481 e. The van der Waals surface area contributed by atoms with Gasteiger partial charge in [0.05, 0.1) is 6.10 Å². The van der Waals surface area contributed by atoms with Crippen LogP contribution in [0.15, 0.2) is 24.3 Å². The summed E-state index contributed by atoms with van der Waals surface area (Å²) in [5.41, 5.74) is 0. The summed E-state index contributed by atoms with van der Waals surface area (Å²) in [6.07, 6.45) is 15.8. The Balaban J connectivity index is 2.38. The minimum absolute atomic E-state index is 0.0416. The van der Waals surface area contributed by atoms with Gasteiger partial charge in [0.1, 0.15) is 5.78 Å². The molecule has 4 nitrogen and oxygen atoms in total.